The molecule has 18 heavy (non-hydrogen) atoms. The number of rotatable bonds is 4. The molecule has 1 aliphatic heterocycles. The first-order valence-corrected chi connectivity index (χ1v) is 8.12. The summed E-state index contributed by atoms with van der Waals surface area (Å²) in [5.41, 5.74) is 2.37. The van der Waals surface area contributed by atoms with E-state index in [9.17, 15) is 8.42 Å². The molecule has 1 saturated heterocycles. The molecule has 1 aromatic heterocycles. The third-order valence-corrected chi connectivity index (χ3v) is 5.54. The van der Waals surface area contributed by atoms with Crippen molar-refractivity contribution in [2.75, 3.05) is 18.6 Å². The highest BCUT2D eigenvalue weighted by Gasteiger charge is 2.30. The van der Waals surface area contributed by atoms with Gasteiger partial charge in [-0.15, -0.1) is 0 Å². The van der Waals surface area contributed by atoms with E-state index in [2.05, 4.69) is 17.2 Å². The average Bonchev–Trinajstić information content (AvgIpc) is 2.67. The number of aromatic nitrogens is 1. The molecule has 0 amide bonds. The molecule has 0 bridgehead atoms. The highest BCUT2D eigenvalue weighted by atomic mass is 32.2. The van der Waals surface area contributed by atoms with Gasteiger partial charge in [-0.1, -0.05) is 0 Å². The Hall–Kier alpha value is -0.940. The Morgan fingerprint density at radius 3 is 2.89 bits per heavy atom. The Morgan fingerprint density at radius 1 is 1.56 bits per heavy atom. The van der Waals surface area contributed by atoms with Gasteiger partial charge in [-0.3, -0.25) is 4.98 Å². The molecule has 1 fully saturated rings. The maximum atomic E-state index is 11.5. The van der Waals surface area contributed by atoms with Crippen molar-refractivity contribution in [1.29, 1.82) is 0 Å². The van der Waals surface area contributed by atoms with E-state index in [1.807, 2.05) is 19.3 Å². The standard InChI is InChI=1S/C13H20N2O2S/c1-10-3-5-15-8-12(10)13(14-2)7-11-4-6-18(16,17)9-11/h3,5,8,11,13-14H,4,6-7,9H2,1-2H3. The number of nitrogens with one attached hydrogen (secondary N) is 1. The fraction of sp³-hybridized carbons (Fsp3) is 0.615. The second kappa shape index (κ2) is 5.36. The van der Waals surface area contributed by atoms with Crippen molar-refractivity contribution in [3.05, 3.63) is 29.6 Å². The molecule has 0 aromatic carbocycles. The Balaban J connectivity index is 2.09. The normalized spacial score (nSPS) is 24.0. The van der Waals surface area contributed by atoms with Crippen LogP contribution in [0.1, 0.15) is 30.0 Å². The first-order valence-electron chi connectivity index (χ1n) is 6.30. The van der Waals surface area contributed by atoms with Crippen LogP contribution < -0.4 is 5.32 Å². The Bertz CT molecular complexity index is 513. The van der Waals surface area contributed by atoms with Crippen molar-refractivity contribution in [2.24, 2.45) is 5.92 Å². The van der Waals surface area contributed by atoms with E-state index in [-0.39, 0.29) is 12.0 Å². The molecule has 2 rings (SSSR count). The van der Waals surface area contributed by atoms with Crippen molar-refractivity contribution < 1.29 is 8.42 Å². The fourth-order valence-corrected chi connectivity index (χ4v) is 4.51. The van der Waals surface area contributed by atoms with Crippen LogP contribution in [0.3, 0.4) is 0 Å². The smallest absolute Gasteiger partial charge is 0.150 e. The van der Waals surface area contributed by atoms with E-state index >= 15 is 0 Å². The number of pyridine rings is 1. The summed E-state index contributed by atoms with van der Waals surface area (Å²) in [6, 6.07) is 2.18. The summed E-state index contributed by atoms with van der Waals surface area (Å²) in [7, 11) is -0.868. The molecule has 100 valence electrons. The zero-order valence-corrected chi connectivity index (χ0v) is 11.7. The first kappa shape index (κ1) is 13.5. The summed E-state index contributed by atoms with van der Waals surface area (Å²) in [5.74, 6) is 0.956. The van der Waals surface area contributed by atoms with Crippen LogP contribution in [0.5, 0.6) is 0 Å². The van der Waals surface area contributed by atoms with Crippen LogP contribution in [0, 0.1) is 12.8 Å². The third-order valence-electron chi connectivity index (χ3n) is 3.70. The molecule has 2 heterocycles. The Labute approximate surface area is 109 Å². The lowest BCUT2D eigenvalue weighted by atomic mass is 9.93. The molecule has 1 aliphatic rings. The minimum atomic E-state index is -2.79. The van der Waals surface area contributed by atoms with Crippen molar-refractivity contribution in [3.8, 4) is 0 Å². The lowest BCUT2D eigenvalue weighted by Crippen LogP contribution is -2.21. The maximum absolute atomic E-state index is 11.5. The molecule has 0 radical (unpaired) electrons. The summed E-state index contributed by atoms with van der Waals surface area (Å²) in [6.45, 7) is 2.06. The number of aryl methyl sites for hydroxylation is 1. The van der Waals surface area contributed by atoms with Gasteiger partial charge in [0.15, 0.2) is 9.84 Å². The summed E-state index contributed by atoms with van der Waals surface area (Å²) < 4.78 is 23.0. The first-order chi connectivity index (χ1) is 8.52. The Kier molecular flexibility index (Phi) is 4.02. The molecular weight excluding hydrogens is 248 g/mol. The molecular formula is C13H20N2O2S. The van der Waals surface area contributed by atoms with Gasteiger partial charge in [0.2, 0.25) is 0 Å². The van der Waals surface area contributed by atoms with E-state index in [0.29, 0.717) is 11.5 Å². The van der Waals surface area contributed by atoms with Gasteiger partial charge in [-0.2, -0.15) is 0 Å². The average molecular weight is 268 g/mol. The van der Waals surface area contributed by atoms with Crippen LogP contribution in [0.25, 0.3) is 0 Å². The minimum absolute atomic E-state index is 0.192. The van der Waals surface area contributed by atoms with E-state index in [0.717, 1.165) is 12.8 Å². The van der Waals surface area contributed by atoms with Gasteiger partial charge in [0.05, 0.1) is 11.5 Å². The summed E-state index contributed by atoms with van der Waals surface area (Å²) in [6.07, 6.45) is 5.31. The molecule has 0 spiro atoms. The van der Waals surface area contributed by atoms with Crippen LogP contribution in [0.4, 0.5) is 0 Å². The molecule has 4 nitrogen and oxygen atoms in total. The van der Waals surface area contributed by atoms with Crippen molar-refractivity contribution in [1.82, 2.24) is 10.3 Å². The van der Waals surface area contributed by atoms with Crippen molar-refractivity contribution in [2.45, 2.75) is 25.8 Å². The molecule has 0 saturated carbocycles. The summed E-state index contributed by atoms with van der Waals surface area (Å²) in [4.78, 5) is 4.16. The van der Waals surface area contributed by atoms with Crippen LogP contribution in [0.15, 0.2) is 18.5 Å². The highest BCUT2D eigenvalue weighted by Crippen LogP contribution is 2.29. The largest absolute Gasteiger partial charge is 0.313 e. The second-order valence-electron chi connectivity index (χ2n) is 5.08. The fourth-order valence-electron chi connectivity index (χ4n) is 2.63. The number of nitrogens with zero attached hydrogens (tertiary/aromatic N) is 1. The van der Waals surface area contributed by atoms with Gasteiger partial charge in [-0.05, 0) is 49.9 Å². The number of hydrogen-bond donors (Lipinski definition) is 1. The van der Waals surface area contributed by atoms with E-state index in [4.69, 9.17) is 0 Å². The van der Waals surface area contributed by atoms with Crippen LogP contribution in [0.2, 0.25) is 0 Å². The van der Waals surface area contributed by atoms with Crippen LogP contribution in [-0.2, 0) is 9.84 Å². The van der Waals surface area contributed by atoms with Gasteiger partial charge in [0.1, 0.15) is 0 Å². The van der Waals surface area contributed by atoms with Gasteiger partial charge < -0.3 is 5.32 Å². The highest BCUT2D eigenvalue weighted by molar-refractivity contribution is 7.91. The molecule has 2 unspecified atom stereocenters. The predicted octanol–water partition coefficient (Wildman–Crippen LogP) is 1.48. The molecule has 2 atom stereocenters. The molecule has 0 aliphatic carbocycles. The zero-order chi connectivity index (χ0) is 13.2. The zero-order valence-electron chi connectivity index (χ0n) is 10.9. The summed E-state index contributed by atoms with van der Waals surface area (Å²) in [5, 5.41) is 3.28. The number of hydrogen-bond acceptors (Lipinski definition) is 4. The lowest BCUT2D eigenvalue weighted by Gasteiger charge is -2.21. The van der Waals surface area contributed by atoms with Gasteiger partial charge >= 0.3 is 0 Å². The van der Waals surface area contributed by atoms with E-state index in [1.165, 1.54) is 11.1 Å². The lowest BCUT2D eigenvalue weighted by molar-refractivity contribution is 0.435. The van der Waals surface area contributed by atoms with Crippen LogP contribution in [-0.4, -0.2) is 32.0 Å². The number of sulfone groups is 1. The van der Waals surface area contributed by atoms with Gasteiger partial charge in [0, 0.05) is 18.4 Å². The summed E-state index contributed by atoms with van der Waals surface area (Å²) >= 11 is 0. The SMILES string of the molecule is CNC(CC1CCS(=O)(=O)C1)c1cnccc1C. The minimum Gasteiger partial charge on any atom is -0.313 e. The predicted molar refractivity (Wildman–Crippen MR) is 72.2 cm³/mol. The Morgan fingerprint density at radius 2 is 2.33 bits per heavy atom. The van der Waals surface area contributed by atoms with E-state index in [1.54, 1.807) is 6.20 Å². The van der Waals surface area contributed by atoms with Crippen molar-refractivity contribution >= 4 is 9.84 Å². The molecule has 5 heteroatoms. The van der Waals surface area contributed by atoms with E-state index < -0.39 is 9.84 Å². The topological polar surface area (TPSA) is 59.1 Å². The van der Waals surface area contributed by atoms with Crippen molar-refractivity contribution in [3.63, 3.8) is 0 Å². The van der Waals surface area contributed by atoms with Gasteiger partial charge in [-0.25, -0.2) is 8.42 Å². The second-order valence-corrected chi connectivity index (χ2v) is 7.31. The van der Waals surface area contributed by atoms with Crippen LogP contribution >= 0.6 is 0 Å². The molecule has 1 aromatic rings. The molecule has 1 N–H and O–H groups in total. The van der Waals surface area contributed by atoms with Gasteiger partial charge in [0.25, 0.3) is 0 Å². The quantitative estimate of drug-likeness (QED) is 0.898. The maximum Gasteiger partial charge on any atom is 0.150 e. The monoisotopic (exact) mass is 268 g/mol. The third kappa shape index (κ3) is 3.09.